The molecule has 4 heterocycles. The molecular formula is C21H23F3N8O2. The molecule has 0 bridgehead atoms. The number of fused-ring (bicyclic) bond motifs is 2. The lowest BCUT2D eigenvalue weighted by molar-refractivity contribution is -0.131. The van der Waals surface area contributed by atoms with Crippen molar-refractivity contribution in [2.24, 2.45) is 7.05 Å². The monoisotopic (exact) mass is 476 g/mol. The highest BCUT2D eigenvalue weighted by Crippen LogP contribution is 2.31. The summed E-state index contributed by atoms with van der Waals surface area (Å²) in [7, 11) is 1.58. The van der Waals surface area contributed by atoms with E-state index in [0.29, 0.717) is 42.9 Å². The first-order valence-corrected chi connectivity index (χ1v) is 10.8. The zero-order valence-electron chi connectivity index (χ0n) is 18.2. The van der Waals surface area contributed by atoms with Gasteiger partial charge >= 0.3 is 11.9 Å². The van der Waals surface area contributed by atoms with Gasteiger partial charge in [-0.3, -0.25) is 9.88 Å². The lowest BCUT2D eigenvalue weighted by Gasteiger charge is -2.33. The summed E-state index contributed by atoms with van der Waals surface area (Å²) in [5.74, 6) is 0.556. The van der Waals surface area contributed by atoms with Gasteiger partial charge in [0.1, 0.15) is 6.33 Å². The van der Waals surface area contributed by atoms with Crippen LogP contribution < -0.4 is 15.9 Å². The number of benzene rings is 1. The van der Waals surface area contributed by atoms with E-state index in [1.165, 1.54) is 10.9 Å². The quantitative estimate of drug-likeness (QED) is 0.377. The van der Waals surface area contributed by atoms with Crippen LogP contribution in [0.5, 0.6) is 0 Å². The Labute approximate surface area is 191 Å². The number of hydrogen-bond donors (Lipinski definition) is 3. The summed E-state index contributed by atoms with van der Waals surface area (Å²) in [6, 6.07) is 7.58. The summed E-state index contributed by atoms with van der Waals surface area (Å²) < 4.78 is 40.9. The third kappa shape index (κ3) is 4.01. The fourth-order valence-corrected chi connectivity index (χ4v) is 4.56. The normalized spacial score (nSPS) is 16.6. The zero-order chi connectivity index (χ0) is 24.0. The highest BCUT2D eigenvalue weighted by atomic mass is 19.4. The Hall–Kier alpha value is -3.45. The van der Waals surface area contributed by atoms with Crippen molar-refractivity contribution in [3.63, 3.8) is 0 Å². The van der Waals surface area contributed by atoms with Crippen molar-refractivity contribution < 1.29 is 18.3 Å². The summed E-state index contributed by atoms with van der Waals surface area (Å²) in [6.45, 7) is -0.149. The SMILES string of the molecule is Cn1c(C(O)NCC(F)(F)F)nc2c(N3CCC(n4c(=O)[nH]c5ccccc54)CC3)ncnc21. The van der Waals surface area contributed by atoms with Crippen LogP contribution in [0.25, 0.3) is 22.2 Å². The molecule has 34 heavy (non-hydrogen) atoms. The van der Waals surface area contributed by atoms with Crippen LogP contribution in [0.4, 0.5) is 19.0 Å². The number of aliphatic hydroxyl groups excluding tert-OH is 1. The maximum absolute atomic E-state index is 12.5. The number of aromatic nitrogens is 6. The van der Waals surface area contributed by atoms with Crippen molar-refractivity contribution >= 4 is 28.0 Å². The number of anilines is 1. The highest BCUT2D eigenvalue weighted by Gasteiger charge is 2.30. The Morgan fingerprint density at radius 2 is 1.97 bits per heavy atom. The molecule has 1 atom stereocenters. The van der Waals surface area contributed by atoms with Gasteiger partial charge in [0.15, 0.2) is 29.0 Å². The van der Waals surface area contributed by atoms with Gasteiger partial charge in [0.2, 0.25) is 0 Å². The van der Waals surface area contributed by atoms with Crippen molar-refractivity contribution in [3.05, 3.63) is 46.9 Å². The molecule has 3 N–H and O–H groups in total. The van der Waals surface area contributed by atoms with E-state index in [4.69, 9.17) is 0 Å². The van der Waals surface area contributed by atoms with E-state index in [1.54, 1.807) is 11.6 Å². The lowest BCUT2D eigenvalue weighted by atomic mass is 10.0. The van der Waals surface area contributed by atoms with E-state index >= 15 is 0 Å². The zero-order valence-corrected chi connectivity index (χ0v) is 18.2. The number of H-pyrrole nitrogens is 1. The predicted molar refractivity (Wildman–Crippen MR) is 118 cm³/mol. The fourth-order valence-electron chi connectivity index (χ4n) is 4.56. The van der Waals surface area contributed by atoms with E-state index in [9.17, 15) is 23.1 Å². The minimum atomic E-state index is -4.46. The Kier molecular flexibility index (Phi) is 5.52. The van der Waals surface area contributed by atoms with E-state index in [2.05, 4.69) is 19.9 Å². The van der Waals surface area contributed by atoms with Crippen LogP contribution in [0.3, 0.4) is 0 Å². The van der Waals surface area contributed by atoms with E-state index < -0.39 is 18.9 Å². The highest BCUT2D eigenvalue weighted by molar-refractivity contribution is 5.84. The molecule has 0 aliphatic carbocycles. The Morgan fingerprint density at radius 3 is 2.71 bits per heavy atom. The molecule has 0 spiro atoms. The van der Waals surface area contributed by atoms with Crippen molar-refractivity contribution in [3.8, 4) is 0 Å². The van der Waals surface area contributed by atoms with Gasteiger partial charge in [0, 0.05) is 26.2 Å². The van der Waals surface area contributed by atoms with Crippen LogP contribution in [-0.2, 0) is 7.05 Å². The minimum Gasteiger partial charge on any atom is -0.371 e. The first kappa shape index (κ1) is 22.3. The third-order valence-electron chi connectivity index (χ3n) is 6.16. The van der Waals surface area contributed by atoms with Crippen LogP contribution in [0.1, 0.15) is 30.9 Å². The maximum Gasteiger partial charge on any atom is 0.401 e. The molecule has 3 aromatic heterocycles. The van der Waals surface area contributed by atoms with Gasteiger partial charge in [-0.25, -0.2) is 19.7 Å². The molecular weight excluding hydrogens is 453 g/mol. The molecule has 1 aromatic carbocycles. The second kappa shape index (κ2) is 8.40. The van der Waals surface area contributed by atoms with Crippen molar-refractivity contribution in [1.82, 2.24) is 34.4 Å². The summed E-state index contributed by atoms with van der Waals surface area (Å²) >= 11 is 0. The van der Waals surface area contributed by atoms with Crippen LogP contribution in [0, 0.1) is 0 Å². The van der Waals surface area contributed by atoms with Crippen LogP contribution in [0.15, 0.2) is 35.4 Å². The summed E-state index contributed by atoms with van der Waals surface area (Å²) in [6.07, 6.45) is -3.32. The van der Waals surface area contributed by atoms with Crippen LogP contribution in [-0.4, -0.2) is 60.0 Å². The van der Waals surface area contributed by atoms with Gasteiger partial charge in [-0.1, -0.05) is 12.1 Å². The number of aryl methyl sites for hydroxylation is 1. The summed E-state index contributed by atoms with van der Waals surface area (Å²) in [5, 5.41) is 12.3. The number of nitrogens with one attached hydrogen (secondary N) is 2. The minimum absolute atomic E-state index is 0.0150. The van der Waals surface area contributed by atoms with Gasteiger partial charge < -0.3 is 19.6 Å². The number of piperidine rings is 1. The van der Waals surface area contributed by atoms with Gasteiger partial charge in [-0.2, -0.15) is 13.2 Å². The lowest BCUT2D eigenvalue weighted by Crippen LogP contribution is -2.37. The first-order valence-electron chi connectivity index (χ1n) is 10.8. The number of para-hydroxylation sites is 2. The average molecular weight is 476 g/mol. The van der Waals surface area contributed by atoms with Gasteiger partial charge in [0.25, 0.3) is 0 Å². The van der Waals surface area contributed by atoms with Gasteiger partial charge in [0.05, 0.1) is 17.6 Å². The molecule has 180 valence electrons. The molecule has 0 amide bonds. The van der Waals surface area contributed by atoms with E-state index in [-0.39, 0.29) is 17.6 Å². The predicted octanol–water partition coefficient (Wildman–Crippen LogP) is 1.99. The standard InChI is InChI=1S/C21H23F3N8O2/c1-30-16-15(29-18(30)19(33)25-10-21(22,23)24)17(27-11-26-16)31-8-6-12(7-9-31)32-14-5-3-2-4-13(14)28-20(32)34/h2-5,11-12,19,25,33H,6-10H2,1H3,(H,28,34). The third-order valence-corrected chi connectivity index (χ3v) is 6.16. The summed E-state index contributed by atoms with van der Waals surface area (Å²) in [4.78, 5) is 30.4. The fraction of sp³-hybridized carbons (Fsp3) is 0.429. The van der Waals surface area contributed by atoms with Crippen molar-refractivity contribution in [2.45, 2.75) is 31.3 Å². The number of halogens is 3. The molecule has 1 aliphatic heterocycles. The Morgan fingerprint density at radius 1 is 1.24 bits per heavy atom. The van der Waals surface area contributed by atoms with Crippen LogP contribution in [0.2, 0.25) is 0 Å². The van der Waals surface area contributed by atoms with Gasteiger partial charge in [-0.05, 0) is 25.0 Å². The number of aliphatic hydroxyl groups is 1. The first-order chi connectivity index (χ1) is 16.2. The number of imidazole rings is 2. The molecule has 1 fully saturated rings. The number of alkyl halides is 3. The second-order valence-electron chi connectivity index (χ2n) is 8.33. The molecule has 5 rings (SSSR count). The van der Waals surface area contributed by atoms with E-state index in [0.717, 1.165) is 11.0 Å². The Balaban J connectivity index is 1.38. The molecule has 1 aliphatic rings. The molecule has 4 aromatic rings. The smallest absolute Gasteiger partial charge is 0.371 e. The summed E-state index contributed by atoms with van der Waals surface area (Å²) in [5.41, 5.74) is 2.33. The second-order valence-corrected chi connectivity index (χ2v) is 8.33. The van der Waals surface area contributed by atoms with E-state index in [1.807, 2.05) is 34.5 Å². The largest absolute Gasteiger partial charge is 0.401 e. The van der Waals surface area contributed by atoms with Crippen molar-refractivity contribution in [2.75, 3.05) is 24.5 Å². The van der Waals surface area contributed by atoms with Gasteiger partial charge in [-0.15, -0.1) is 0 Å². The molecule has 1 saturated heterocycles. The van der Waals surface area contributed by atoms with Crippen LogP contribution >= 0.6 is 0 Å². The number of nitrogens with zero attached hydrogens (tertiary/aromatic N) is 6. The van der Waals surface area contributed by atoms with Crippen molar-refractivity contribution in [1.29, 1.82) is 0 Å². The molecule has 0 saturated carbocycles. The Bertz CT molecular complexity index is 1380. The number of hydrogen-bond acceptors (Lipinski definition) is 7. The average Bonchev–Trinajstić information content (AvgIpc) is 3.33. The maximum atomic E-state index is 12.5. The molecule has 0 radical (unpaired) electrons. The number of aromatic amines is 1. The molecule has 10 nitrogen and oxygen atoms in total. The topological polar surface area (TPSA) is 117 Å². The molecule has 1 unspecified atom stereocenters. The molecule has 13 heteroatoms. The number of rotatable bonds is 5.